The molecule has 0 aliphatic carbocycles. The number of hydrogen-bond acceptors (Lipinski definition) is 4. The van der Waals surface area contributed by atoms with Crippen LogP contribution in [0.25, 0.3) is 6.08 Å². The second-order valence-electron chi connectivity index (χ2n) is 6.71. The van der Waals surface area contributed by atoms with E-state index in [1.807, 2.05) is 37.4 Å². The van der Waals surface area contributed by atoms with E-state index in [1.165, 1.54) is 11.3 Å². The quantitative estimate of drug-likeness (QED) is 0.444. The van der Waals surface area contributed by atoms with Crippen LogP contribution in [0.2, 0.25) is 0 Å². The van der Waals surface area contributed by atoms with E-state index in [0.717, 1.165) is 5.56 Å². The molecular weight excluding hydrogens is 425 g/mol. The molecular formula is C22H23Cl2N3O3-2. The molecule has 6 nitrogen and oxygen atoms in total. The number of nitrogens with zero attached hydrogens (tertiary/aromatic N) is 1. The molecule has 0 bridgehead atoms. The minimum Gasteiger partial charge on any atom is -1.00 e. The molecule has 30 heavy (non-hydrogen) atoms. The van der Waals surface area contributed by atoms with Crippen molar-refractivity contribution in [3.05, 3.63) is 78.0 Å². The summed E-state index contributed by atoms with van der Waals surface area (Å²) < 4.78 is 0. The smallest absolute Gasteiger partial charge is 0.305 e. The lowest BCUT2D eigenvalue weighted by atomic mass is 9.93. The molecule has 0 radical (unpaired) electrons. The molecule has 160 valence electrons. The van der Waals surface area contributed by atoms with Gasteiger partial charge in [-0.3, -0.25) is 9.59 Å². The SMILES string of the molecule is CN1C=CC(/C=C/c2ccc(NC(=O)[C@H](N)CC(=O)O)cc2)c2ccccc21.[Cl-].[Cl-]. The number of carboxylic acid groups (broad SMARTS) is 1. The zero-order chi connectivity index (χ0) is 20.1. The average molecular weight is 448 g/mol. The predicted molar refractivity (Wildman–Crippen MR) is 111 cm³/mol. The van der Waals surface area contributed by atoms with Gasteiger partial charge in [0.2, 0.25) is 5.91 Å². The number of amides is 1. The molecule has 0 aromatic heterocycles. The van der Waals surface area contributed by atoms with Gasteiger partial charge in [-0.05, 0) is 29.3 Å². The molecule has 1 unspecified atom stereocenters. The number of nitrogens with one attached hydrogen (secondary N) is 1. The van der Waals surface area contributed by atoms with Crippen LogP contribution in [0, 0.1) is 0 Å². The maximum Gasteiger partial charge on any atom is 0.305 e. The molecule has 0 saturated heterocycles. The second-order valence-corrected chi connectivity index (χ2v) is 6.71. The first kappa shape index (κ1) is 25.2. The summed E-state index contributed by atoms with van der Waals surface area (Å²) in [5, 5.41) is 11.3. The van der Waals surface area contributed by atoms with Crippen molar-refractivity contribution in [2.24, 2.45) is 5.73 Å². The third kappa shape index (κ3) is 6.35. The van der Waals surface area contributed by atoms with Gasteiger partial charge in [-0.1, -0.05) is 48.6 Å². The number of carboxylic acids is 1. The molecule has 2 aromatic carbocycles. The number of anilines is 2. The topological polar surface area (TPSA) is 95.7 Å². The molecule has 8 heteroatoms. The molecule has 1 amide bonds. The van der Waals surface area contributed by atoms with E-state index in [0.29, 0.717) is 5.69 Å². The Bertz CT molecular complexity index is 929. The molecule has 1 heterocycles. The lowest BCUT2D eigenvalue weighted by molar-refractivity contribution is -0.138. The number of hydrogen-bond donors (Lipinski definition) is 3. The lowest BCUT2D eigenvalue weighted by Crippen LogP contribution is -3.00. The van der Waals surface area contributed by atoms with Crippen molar-refractivity contribution in [2.75, 3.05) is 17.3 Å². The third-order valence-electron chi connectivity index (χ3n) is 4.60. The van der Waals surface area contributed by atoms with Crippen LogP contribution in [-0.2, 0) is 9.59 Å². The van der Waals surface area contributed by atoms with Crippen molar-refractivity contribution in [3.8, 4) is 0 Å². The summed E-state index contributed by atoms with van der Waals surface area (Å²) in [5.41, 5.74) is 9.58. The predicted octanol–water partition coefficient (Wildman–Crippen LogP) is -2.80. The van der Waals surface area contributed by atoms with Gasteiger partial charge >= 0.3 is 5.97 Å². The molecule has 1 aliphatic heterocycles. The van der Waals surface area contributed by atoms with Crippen molar-refractivity contribution in [1.29, 1.82) is 0 Å². The Morgan fingerprint density at radius 2 is 1.83 bits per heavy atom. The van der Waals surface area contributed by atoms with Crippen LogP contribution in [0.4, 0.5) is 11.4 Å². The monoisotopic (exact) mass is 447 g/mol. The van der Waals surface area contributed by atoms with Crippen LogP contribution in [0.3, 0.4) is 0 Å². The highest BCUT2D eigenvalue weighted by atomic mass is 35.5. The molecule has 3 rings (SSSR count). The van der Waals surface area contributed by atoms with Crippen LogP contribution < -0.4 is 40.8 Å². The highest BCUT2D eigenvalue weighted by Crippen LogP contribution is 2.33. The molecule has 4 N–H and O–H groups in total. The first-order valence-electron chi connectivity index (χ1n) is 9.00. The largest absolute Gasteiger partial charge is 1.00 e. The van der Waals surface area contributed by atoms with E-state index in [9.17, 15) is 9.59 Å². The number of rotatable bonds is 6. The summed E-state index contributed by atoms with van der Waals surface area (Å²) in [6.45, 7) is 0. The Kier molecular flexibility index (Phi) is 9.59. The normalized spacial score (nSPS) is 15.5. The van der Waals surface area contributed by atoms with Gasteiger partial charge < -0.3 is 45.9 Å². The first-order chi connectivity index (χ1) is 13.4. The molecule has 2 atom stereocenters. The van der Waals surface area contributed by atoms with Crippen molar-refractivity contribution in [1.82, 2.24) is 0 Å². The maximum atomic E-state index is 11.9. The van der Waals surface area contributed by atoms with Crippen molar-refractivity contribution >= 4 is 29.3 Å². The Labute approximate surface area is 188 Å². The van der Waals surface area contributed by atoms with Crippen LogP contribution in [0.15, 0.2) is 66.9 Å². The zero-order valence-electron chi connectivity index (χ0n) is 16.3. The van der Waals surface area contributed by atoms with Crippen LogP contribution in [0.1, 0.15) is 23.5 Å². The van der Waals surface area contributed by atoms with Crippen LogP contribution in [-0.4, -0.2) is 30.1 Å². The van der Waals surface area contributed by atoms with Crippen molar-refractivity contribution < 1.29 is 39.5 Å². The standard InChI is InChI=1S/C22H23N3O3.2ClH/c1-25-13-12-16(18-4-2-3-5-20(18)25)9-6-15-7-10-17(11-8-15)24-22(28)19(23)14-21(26)27;;/h2-13,16,19H,14,23H2,1H3,(H,24,28)(H,26,27);2*1H/p-2/b9-6+;;/t16?,19-;;/m1../s1. The number of para-hydroxylation sites is 1. The molecule has 0 saturated carbocycles. The number of halogens is 2. The van der Waals surface area contributed by atoms with Gasteiger partial charge in [0.05, 0.1) is 12.5 Å². The zero-order valence-corrected chi connectivity index (χ0v) is 17.8. The number of aliphatic carboxylic acids is 1. The van der Waals surface area contributed by atoms with E-state index >= 15 is 0 Å². The highest BCUT2D eigenvalue weighted by Gasteiger charge is 2.17. The van der Waals surface area contributed by atoms with E-state index in [-0.39, 0.29) is 30.7 Å². The molecule has 0 fully saturated rings. The molecule has 1 aliphatic rings. The van der Waals surface area contributed by atoms with E-state index in [4.69, 9.17) is 10.8 Å². The van der Waals surface area contributed by atoms with E-state index < -0.39 is 24.3 Å². The summed E-state index contributed by atoms with van der Waals surface area (Å²) in [5.74, 6) is -1.42. The summed E-state index contributed by atoms with van der Waals surface area (Å²) in [7, 11) is 2.03. The Hall–Kier alpha value is -2.80. The van der Waals surface area contributed by atoms with Gasteiger partial charge in [-0.15, -0.1) is 0 Å². The average Bonchev–Trinajstić information content (AvgIpc) is 2.68. The molecule has 2 aromatic rings. The van der Waals surface area contributed by atoms with Crippen LogP contribution >= 0.6 is 0 Å². The Balaban J connectivity index is 0.00000225. The Morgan fingerprint density at radius 3 is 2.50 bits per heavy atom. The fraction of sp³-hybridized carbons (Fsp3) is 0.182. The van der Waals surface area contributed by atoms with Gasteiger partial charge in [0.1, 0.15) is 0 Å². The second kappa shape index (κ2) is 11.4. The van der Waals surface area contributed by atoms with Gasteiger partial charge in [-0.2, -0.15) is 0 Å². The van der Waals surface area contributed by atoms with Gasteiger partial charge in [0, 0.05) is 30.5 Å². The number of carbonyl (C=O) groups is 2. The molecule has 0 spiro atoms. The highest BCUT2D eigenvalue weighted by molar-refractivity contribution is 5.96. The van der Waals surface area contributed by atoms with Gasteiger partial charge in [-0.25, -0.2) is 0 Å². The summed E-state index contributed by atoms with van der Waals surface area (Å²) in [6.07, 6.45) is 7.99. The Morgan fingerprint density at radius 1 is 1.17 bits per heavy atom. The van der Waals surface area contributed by atoms with E-state index in [1.54, 1.807) is 12.1 Å². The number of benzene rings is 2. The van der Waals surface area contributed by atoms with Crippen molar-refractivity contribution in [2.45, 2.75) is 18.4 Å². The number of allylic oxidation sites excluding steroid dienone is 2. The van der Waals surface area contributed by atoms with Crippen LogP contribution in [0.5, 0.6) is 0 Å². The first-order valence-corrected chi connectivity index (χ1v) is 9.00. The number of nitrogens with two attached hydrogens (primary N) is 1. The fourth-order valence-electron chi connectivity index (χ4n) is 3.07. The number of fused-ring (bicyclic) bond motifs is 1. The van der Waals surface area contributed by atoms with Gasteiger partial charge in [0.15, 0.2) is 0 Å². The van der Waals surface area contributed by atoms with Gasteiger partial charge in [0.25, 0.3) is 0 Å². The summed E-state index contributed by atoms with van der Waals surface area (Å²) >= 11 is 0. The minimum absolute atomic E-state index is 0. The lowest BCUT2D eigenvalue weighted by Gasteiger charge is -2.26. The fourth-order valence-corrected chi connectivity index (χ4v) is 3.07. The third-order valence-corrected chi connectivity index (χ3v) is 4.60. The minimum atomic E-state index is -1.10. The summed E-state index contributed by atoms with van der Waals surface area (Å²) in [6, 6.07) is 14.5. The van der Waals surface area contributed by atoms with E-state index in [2.05, 4.69) is 40.7 Å². The maximum absolute atomic E-state index is 11.9. The van der Waals surface area contributed by atoms with Crippen molar-refractivity contribution in [3.63, 3.8) is 0 Å². The summed E-state index contributed by atoms with van der Waals surface area (Å²) in [4.78, 5) is 24.6. The number of carbonyl (C=O) groups excluding carboxylic acids is 1.